The highest BCUT2D eigenvalue weighted by Crippen LogP contribution is 2.24. The smallest absolute Gasteiger partial charge is 0.255 e. The van der Waals surface area contributed by atoms with Crippen molar-refractivity contribution in [3.63, 3.8) is 0 Å². The Kier molecular flexibility index (Phi) is 6.91. The predicted octanol–water partition coefficient (Wildman–Crippen LogP) is 2.14. The Labute approximate surface area is 153 Å². The molecule has 3 rings (SSSR count). The molecule has 1 aromatic rings. The molecule has 5 nitrogen and oxygen atoms in total. The zero-order valence-electron chi connectivity index (χ0n) is 15.1. The molecule has 0 saturated carbocycles. The number of carbonyl (C=O) groups is 1. The number of carbonyl (C=O) groups excluding carboxylic acids is 1. The minimum absolute atomic E-state index is 0.155. The molecule has 0 aliphatic carbocycles. The molecule has 0 unspecified atom stereocenters. The summed E-state index contributed by atoms with van der Waals surface area (Å²) >= 11 is 0. The molecule has 0 bridgehead atoms. The monoisotopic (exact) mass is 366 g/mol. The average molecular weight is 366 g/mol. The fourth-order valence-electron chi connectivity index (χ4n) is 4.06. The standard InChI is InChI=1S/C19H28F2N4O/c20-18(21)12-23-19(26)16-2-1-9-25(14-16)17-5-10-24(11-6-17)13-15-3-7-22-8-4-15/h3-4,7-8,16-18H,1-2,5-6,9-14H2,(H,23,26)/t16-/m1/s1. The number of rotatable bonds is 6. The summed E-state index contributed by atoms with van der Waals surface area (Å²) in [4.78, 5) is 21.0. The lowest BCUT2D eigenvalue weighted by Crippen LogP contribution is -2.51. The van der Waals surface area contributed by atoms with Crippen molar-refractivity contribution in [1.29, 1.82) is 0 Å². The summed E-state index contributed by atoms with van der Waals surface area (Å²) in [6.07, 6.45) is 5.12. The first-order valence-corrected chi connectivity index (χ1v) is 9.53. The van der Waals surface area contributed by atoms with Crippen LogP contribution in [0.3, 0.4) is 0 Å². The lowest BCUT2D eigenvalue weighted by Gasteiger charge is -2.42. The van der Waals surface area contributed by atoms with Crippen molar-refractivity contribution in [2.45, 2.75) is 44.7 Å². The molecular formula is C19H28F2N4O. The second-order valence-electron chi connectivity index (χ2n) is 7.33. The van der Waals surface area contributed by atoms with Gasteiger partial charge >= 0.3 is 0 Å². The number of piperidine rings is 2. The Bertz CT molecular complexity index is 564. The highest BCUT2D eigenvalue weighted by molar-refractivity contribution is 5.78. The fourth-order valence-corrected chi connectivity index (χ4v) is 4.06. The molecule has 0 radical (unpaired) electrons. The molecule has 3 heterocycles. The second kappa shape index (κ2) is 9.37. The first-order valence-electron chi connectivity index (χ1n) is 9.53. The van der Waals surface area contributed by atoms with Crippen LogP contribution in [0.1, 0.15) is 31.2 Å². The highest BCUT2D eigenvalue weighted by Gasteiger charge is 2.31. The van der Waals surface area contributed by atoms with Gasteiger partial charge in [0.2, 0.25) is 5.91 Å². The van der Waals surface area contributed by atoms with Crippen molar-refractivity contribution in [3.05, 3.63) is 30.1 Å². The molecule has 1 aromatic heterocycles. The highest BCUT2D eigenvalue weighted by atomic mass is 19.3. The van der Waals surface area contributed by atoms with E-state index in [1.165, 1.54) is 5.56 Å². The third kappa shape index (κ3) is 5.45. The van der Waals surface area contributed by atoms with E-state index in [0.29, 0.717) is 12.6 Å². The van der Waals surface area contributed by atoms with Gasteiger partial charge in [0.25, 0.3) is 6.43 Å². The molecular weight excluding hydrogens is 338 g/mol. The Morgan fingerprint density at radius 3 is 2.62 bits per heavy atom. The van der Waals surface area contributed by atoms with E-state index in [1.807, 2.05) is 12.4 Å². The van der Waals surface area contributed by atoms with Crippen LogP contribution in [0.5, 0.6) is 0 Å². The molecule has 1 N–H and O–H groups in total. The molecule has 2 aliphatic heterocycles. The van der Waals surface area contributed by atoms with Crippen LogP contribution < -0.4 is 5.32 Å². The topological polar surface area (TPSA) is 48.5 Å². The summed E-state index contributed by atoms with van der Waals surface area (Å²) in [6, 6.07) is 4.60. The van der Waals surface area contributed by atoms with Crippen LogP contribution in [-0.2, 0) is 11.3 Å². The van der Waals surface area contributed by atoms with Crippen LogP contribution in [0.15, 0.2) is 24.5 Å². The number of nitrogens with zero attached hydrogens (tertiary/aromatic N) is 3. The van der Waals surface area contributed by atoms with Crippen LogP contribution in [-0.4, -0.2) is 65.9 Å². The number of hydrogen-bond acceptors (Lipinski definition) is 4. The van der Waals surface area contributed by atoms with Crippen LogP contribution in [0.25, 0.3) is 0 Å². The van der Waals surface area contributed by atoms with Gasteiger partial charge < -0.3 is 5.32 Å². The Balaban J connectivity index is 1.44. The van der Waals surface area contributed by atoms with E-state index in [-0.39, 0.29) is 11.8 Å². The molecule has 1 amide bonds. The van der Waals surface area contributed by atoms with Crippen molar-refractivity contribution < 1.29 is 13.6 Å². The van der Waals surface area contributed by atoms with Gasteiger partial charge in [0.15, 0.2) is 0 Å². The third-order valence-corrected chi connectivity index (χ3v) is 5.48. The van der Waals surface area contributed by atoms with Crippen molar-refractivity contribution in [2.75, 3.05) is 32.7 Å². The zero-order chi connectivity index (χ0) is 18.4. The molecule has 1 atom stereocenters. The number of pyridine rings is 1. The van der Waals surface area contributed by atoms with E-state index in [2.05, 4.69) is 32.2 Å². The van der Waals surface area contributed by atoms with E-state index in [9.17, 15) is 13.6 Å². The minimum Gasteiger partial charge on any atom is -0.350 e. The van der Waals surface area contributed by atoms with Crippen molar-refractivity contribution >= 4 is 5.91 Å². The summed E-state index contributed by atoms with van der Waals surface area (Å²) in [5.74, 6) is -0.373. The van der Waals surface area contributed by atoms with E-state index in [0.717, 1.165) is 51.9 Å². The molecule has 7 heteroatoms. The number of amides is 1. The molecule has 2 fully saturated rings. The van der Waals surface area contributed by atoms with Gasteiger partial charge in [0, 0.05) is 31.5 Å². The van der Waals surface area contributed by atoms with E-state index in [1.54, 1.807) is 0 Å². The maximum Gasteiger partial charge on any atom is 0.255 e. The first kappa shape index (κ1) is 19.2. The zero-order valence-corrected chi connectivity index (χ0v) is 15.1. The first-order chi connectivity index (χ1) is 12.6. The minimum atomic E-state index is -2.48. The van der Waals surface area contributed by atoms with Gasteiger partial charge in [-0.25, -0.2) is 8.78 Å². The molecule has 144 valence electrons. The summed E-state index contributed by atoms with van der Waals surface area (Å²) < 4.78 is 24.6. The largest absolute Gasteiger partial charge is 0.350 e. The summed E-state index contributed by atoms with van der Waals surface area (Å²) in [6.45, 7) is 4.21. The van der Waals surface area contributed by atoms with E-state index in [4.69, 9.17) is 0 Å². The molecule has 0 spiro atoms. The molecule has 2 saturated heterocycles. The van der Waals surface area contributed by atoms with Crippen LogP contribution in [0.4, 0.5) is 8.78 Å². The quantitative estimate of drug-likeness (QED) is 0.838. The number of aromatic nitrogens is 1. The Hall–Kier alpha value is -1.60. The SMILES string of the molecule is O=C(NCC(F)F)[C@@H]1CCCN(C2CCN(Cc3ccncc3)CC2)C1. The molecule has 26 heavy (non-hydrogen) atoms. The van der Waals surface area contributed by atoms with E-state index < -0.39 is 13.0 Å². The fraction of sp³-hybridized carbons (Fsp3) is 0.684. The lowest BCUT2D eigenvalue weighted by atomic mass is 9.93. The summed E-state index contributed by atoms with van der Waals surface area (Å²) in [5.41, 5.74) is 1.28. The molecule has 0 aromatic carbocycles. The number of hydrogen-bond donors (Lipinski definition) is 1. The van der Waals surface area contributed by atoms with Gasteiger partial charge in [-0.2, -0.15) is 0 Å². The van der Waals surface area contributed by atoms with Crippen LogP contribution >= 0.6 is 0 Å². The Morgan fingerprint density at radius 1 is 1.19 bits per heavy atom. The lowest BCUT2D eigenvalue weighted by molar-refractivity contribution is -0.127. The van der Waals surface area contributed by atoms with Gasteiger partial charge in [0.1, 0.15) is 0 Å². The number of likely N-dealkylation sites (tertiary alicyclic amines) is 2. The average Bonchev–Trinajstić information content (AvgIpc) is 2.67. The maximum atomic E-state index is 12.3. The van der Waals surface area contributed by atoms with Gasteiger partial charge in [-0.05, 0) is 63.0 Å². The Morgan fingerprint density at radius 2 is 1.92 bits per heavy atom. The van der Waals surface area contributed by atoms with E-state index >= 15 is 0 Å². The number of alkyl halides is 2. The van der Waals surface area contributed by atoms with Gasteiger partial charge in [-0.3, -0.25) is 19.6 Å². The third-order valence-electron chi connectivity index (χ3n) is 5.48. The van der Waals surface area contributed by atoms with Crippen LogP contribution in [0.2, 0.25) is 0 Å². The predicted molar refractivity (Wildman–Crippen MR) is 95.8 cm³/mol. The van der Waals surface area contributed by atoms with Gasteiger partial charge in [-0.1, -0.05) is 0 Å². The van der Waals surface area contributed by atoms with Crippen molar-refractivity contribution in [3.8, 4) is 0 Å². The second-order valence-corrected chi connectivity index (χ2v) is 7.33. The number of halogens is 2. The van der Waals surface area contributed by atoms with Gasteiger partial charge in [-0.15, -0.1) is 0 Å². The van der Waals surface area contributed by atoms with Crippen molar-refractivity contribution in [2.24, 2.45) is 5.92 Å². The summed E-state index contributed by atoms with van der Waals surface area (Å²) in [7, 11) is 0. The number of nitrogens with one attached hydrogen (secondary N) is 1. The van der Waals surface area contributed by atoms with Gasteiger partial charge in [0.05, 0.1) is 12.5 Å². The molecule has 2 aliphatic rings. The summed E-state index contributed by atoms with van der Waals surface area (Å²) in [5, 5.41) is 2.38. The van der Waals surface area contributed by atoms with Crippen LogP contribution in [0, 0.1) is 5.92 Å². The maximum absolute atomic E-state index is 12.3. The normalized spacial score (nSPS) is 23.3. The van der Waals surface area contributed by atoms with Crippen molar-refractivity contribution in [1.82, 2.24) is 20.1 Å².